The Hall–Kier alpha value is -0.650. The first-order valence-electron chi connectivity index (χ1n) is 4.64. The van der Waals surface area contributed by atoms with E-state index in [1.54, 1.807) is 20.4 Å². The van der Waals surface area contributed by atoms with Crippen LogP contribution in [-0.2, 0) is 9.47 Å². The van der Waals surface area contributed by atoms with Gasteiger partial charge in [0.15, 0.2) is 0 Å². The van der Waals surface area contributed by atoms with Gasteiger partial charge < -0.3 is 14.8 Å². The van der Waals surface area contributed by atoms with Crippen LogP contribution in [0.4, 0.5) is 5.82 Å². The van der Waals surface area contributed by atoms with Crippen LogP contribution < -0.4 is 5.32 Å². The van der Waals surface area contributed by atoms with Gasteiger partial charge in [0, 0.05) is 27.0 Å². The smallest absolute Gasteiger partial charge is 0.140 e. The lowest BCUT2D eigenvalue weighted by Crippen LogP contribution is -2.26. The predicted octanol–water partition coefficient (Wildman–Crippen LogP) is 1.92. The molecule has 1 rings (SSSR count). The molecule has 0 amide bonds. The molecule has 15 heavy (non-hydrogen) atoms. The van der Waals surface area contributed by atoms with E-state index in [9.17, 15) is 0 Å². The predicted molar refractivity (Wildman–Crippen MR) is 63.1 cm³/mol. The minimum atomic E-state index is 0.0314. The van der Waals surface area contributed by atoms with Gasteiger partial charge in [-0.15, -0.1) is 0 Å². The third-order valence-corrected chi connectivity index (χ3v) is 2.58. The van der Waals surface area contributed by atoms with Gasteiger partial charge >= 0.3 is 0 Å². The van der Waals surface area contributed by atoms with Gasteiger partial charge in [-0.1, -0.05) is 0 Å². The van der Waals surface area contributed by atoms with Crippen LogP contribution in [0.5, 0.6) is 0 Å². The van der Waals surface area contributed by atoms with Gasteiger partial charge in [-0.2, -0.15) is 0 Å². The van der Waals surface area contributed by atoms with E-state index in [-0.39, 0.29) is 6.10 Å². The summed E-state index contributed by atoms with van der Waals surface area (Å²) in [6.07, 6.45) is 1.77. The second kappa shape index (κ2) is 6.76. The summed E-state index contributed by atoms with van der Waals surface area (Å²) in [6, 6.07) is 3.81. The van der Waals surface area contributed by atoms with Gasteiger partial charge in [0.05, 0.1) is 17.2 Å². The number of nitrogens with one attached hydrogen (secondary N) is 1. The molecule has 0 saturated heterocycles. The van der Waals surface area contributed by atoms with Crippen LogP contribution in [0.2, 0.25) is 0 Å². The summed E-state index contributed by atoms with van der Waals surface area (Å²) >= 11 is 3.41. The Bertz CT molecular complexity index is 297. The van der Waals surface area contributed by atoms with Crippen molar-refractivity contribution in [3.05, 3.63) is 22.8 Å². The van der Waals surface area contributed by atoms with Gasteiger partial charge in [-0.3, -0.25) is 0 Å². The number of hydrogen-bond donors (Lipinski definition) is 1. The van der Waals surface area contributed by atoms with Crippen molar-refractivity contribution >= 4 is 21.7 Å². The number of aromatic nitrogens is 1. The Morgan fingerprint density at radius 3 is 2.93 bits per heavy atom. The van der Waals surface area contributed by atoms with Crippen LogP contribution in [0.3, 0.4) is 0 Å². The van der Waals surface area contributed by atoms with E-state index in [1.807, 2.05) is 12.1 Å². The molecule has 1 N–H and O–H groups in total. The first-order valence-corrected chi connectivity index (χ1v) is 5.43. The second-order valence-electron chi connectivity index (χ2n) is 3.03. The standard InChI is InChI=1S/C10H15BrN2O2/c1-14-7-8(15-2)6-13-10-9(11)4-3-5-12-10/h3-5,8H,6-7H2,1-2H3,(H,12,13). The summed E-state index contributed by atoms with van der Waals surface area (Å²) in [5.41, 5.74) is 0. The van der Waals surface area contributed by atoms with E-state index >= 15 is 0 Å². The molecular weight excluding hydrogens is 260 g/mol. The lowest BCUT2D eigenvalue weighted by molar-refractivity contribution is 0.0365. The molecule has 4 nitrogen and oxygen atoms in total. The first kappa shape index (κ1) is 12.4. The zero-order valence-electron chi connectivity index (χ0n) is 8.87. The third-order valence-electron chi connectivity index (χ3n) is 1.94. The first-order chi connectivity index (χ1) is 7.27. The van der Waals surface area contributed by atoms with Crippen LogP contribution in [-0.4, -0.2) is 38.5 Å². The topological polar surface area (TPSA) is 43.4 Å². The zero-order chi connectivity index (χ0) is 11.1. The van der Waals surface area contributed by atoms with Crippen molar-refractivity contribution in [3.63, 3.8) is 0 Å². The fourth-order valence-electron chi connectivity index (χ4n) is 1.12. The fourth-order valence-corrected chi connectivity index (χ4v) is 1.52. The number of halogens is 1. The third kappa shape index (κ3) is 4.15. The Kier molecular flexibility index (Phi) is 5.60. The van der Waals surface area contributed by atoms with Crippen molar-refractivity contribution in [3.8, 4) is 0 Å². The average molecular weight is 275 g/mol. The number of anilines is 1. The Morgan fingerprint density at radius 2 is 2.33 bits per heavy atom. The molecular formula is C10H15BrN2O2. The summed E-state index contributed by atoms with van der Waals surface area (Å²) in [6.45, 7) is 1.23. The lowest BCUT2D eigenvalue weighted by Gasteiger charge is -2.15. The second-order valence-corrected chi connectivity index (χ2v) is 3.88. The van der Waals surface area contributed by atoms with Gasteiger partial charge in [0.1, 0.15) is 5.82 Å². The largest absolute Gasteiger partial charge is 0.382 e. The summed E-state index contributed by atoms with van der Waals surface area (Å²) in [4.78, 5) is 4.19. The number of rotatable bonds is 6. The van der Waals surface area contributed by atoms with Gasteiger partial charge in [-0.25, -0.2) is 4.98 Å². The quantitative estimate of drug-likeness (QED) is 0.861. The van der Waals surface area contributed by atoms with Crippen LogP contribution in [0, 0.1) is 0 Å². The van der Waals surface area contributed by atoms with Crippen LogP contribution in [0.15, 0.2) is 22.8 Å². The maximum atomic E-state index is 5.22. The molecule has 1 atom stereocenters. The van der Waals surface area contributed by atoms with Gasteiger partial charge in [-0.05, 0) is 28.1 Å². The summed E-state index contributed by atoms with van der Waals surface area (Å²) < 4.78 is 11.2. The molecule has 1 aromatic heterocycles. The minimum absolute atomic E-state index is 0.0314. The van der Waals surface area contributed by atoms with E-state index < -0.39 is 0 Å². The minimum Gasteiger partial charge on any atom is -0.382 e. The molecule has 5 heteroatoms. The lowest BCUT2D eigenvalue weighted by atomic mass is 10.3. The highest BCUT2D eigenvalue weighted by Gasteiger charge is 2.07. The van der Waals surface area contributed by atoms with E-state index in [2.05, 4.69) is 26.2 Å². The molecule has 0 aromatic carbocycles. The van der Waals surface area contributed by atoms with Crippen molar-refractivity contribution < 1.29 is 9.47 Å². The maximum Gasteiger partial charge on any atom is 0.140 e. The number of nitrogens with zero attached hydrogens (tertiary/aromatic N) is 1. The highest BCUT2D eigenvalue weighted by molar-refractivity contribution is 9.10. The van der Waals surface area contributed by atoms with E-state index in [1.165, 1.54) is 0 Å². The van der Waals surface area contributed by atoms with E-state index in [4.69, 9.17) is 9.47 Å². The summed E-state index contributed by atoms with van der Waals surface area (Å²) in [5.74, 6) is 0.815. The molecule has 0 bridgehead atoms. The highest BCUT2D eigenvalue weighted by atomic mass is 79.9. The summed E-state index contributed by atoms with van der Waals surface area (Å²) in [5, 5.41) is 3.19. The van der Waals surface area contributed by atoms with Crippen molar-refractivity contribution in [2.45, 2.75) is 6.10 Å². The SMILES string of the molecule is COCC(CNc1ncccc1Br)OC. The molecule has 84 valence electrons. The number of pyridine rings is 1. The van der Waals surface area contributed by atoms with Crippen LogP contribution >= 0.6 is 15.9 Å². The number of hydrogen-bond acceptors (Lipinski definition) is 4. The Labute approximate surface area is 98.1 Å². The molecule has 0 fully saturated rings. The molecule has 1 aromatic rings. The molecule has 1 unspecified atom stereocenters. The van der Waals surface area contributed by atoms with Gasteiger partial charge in [0.25, 0.3) is 0 Å². The van der Waals surface area contributed by atoms with Crippen molar-refractivity contribution in [1.29, 1.82) is 0 Å². The monoisotopic (exact) mass is 274 g/mol. The Balaban J connectivity index is 2.45. The fraction of sp³-hybridized carbons (Fsp3) is 0.500. The van der Waals surface area contributed by atoms with Crippen molar-refractivity contribution in [2.75, 3.05) is 32.7 Å². The zero-order valence-corrected chi connectivity index (χ0v) is 10.5. The number of methoxy groups -OCH3 is 2. The Morgan fingerprint density at radius 1 is 1.53 bits per heavy atom. The van der Waals surface area contributed by atoms with Crippen molar-refractivity contribution in [2.24, 2.45) is 0 Å². The molecule has 0 radical (unpaired) electrons. The molecule has 0 aliphatic heterocycles. The van der Waals surface area contributed by atoms with E-state index in [0.717, 1.165) is 10.3 Å². The summed E-state index contributed by atoms with van der Waals surface area (Å²) in [7, 11) is 3.32. The van der Waals surface area contributed by atoms with Crippen LogP contribution in [0.25, 0.3) is 0 Å². The number of ether oxygens (including phenoxy) is 2. The normalized spacial score (nSPS) is 12.5. The molecule has 1 heterocycles. The van der Waals surface area contributed by atoms with Crippen LogP contribution in [0.1, 0.15) is 0 Å². The highest BCUT2D eigenvalue weighted by Crippen LogP contribution is 2.18. The average Bonchev–Trinajstić information content (AvgIpc) is 2.26. The van der Waals surface area contributed by atoms with Gasteiger partial charge in [0.2, 0.25) is 0 Å². The molecule has 0 aliphatic carbocycles. The molecule has 0 spiro atoms. The molecule has 0 aliphatic rings. The van der Waals surface area contributed by atoms with Crippen molar-refractivity contribution in [1.82, 2.24) is 4.98 Å². The van der Waals surface area contributed by atoms with E-state index in [0.29, 0.717) is 13.2 Å². The molecule has 0 saturated carbocycles. The maximum absolute atomic E-state index is 5.22.